The summed E-state index contributed by atoms with van der Waals surface area (Å²) in [6.07, 6.45) is 2.54. The van der Waals surface area contributed by atoms with E-state index in [1.165, 1.54) is 0 Å². The van der Waals surface area contributed by atoms with Crippen LogP contribution in [0.2, 0.25) is 5.02 Å². The molecule has 3 rings (SSSR count). The number of benzene rings is 2. The first-order valence-electron chi connectivity index (χ1n) is 8.37. The van der Waals surface area contributed by atoms with Crippen molar-refractivity contribution >= 4 is 28.5 Å². The minimum Gasteiger partial charge on any atom is -0.478 e. The van der Waals surface area contributed by atoms with Gasteiger partial charge in [0.15, 0.2) is 0 Å². The molecule has 2 aromatic carbocycles. The van der Waals surface area contributed by atoms with Crippen molar-refractivity contribution in [3.05, 3.63) is 58.1 Å². The molecule has 3 aromatic rings. The molecule has 0 saturated heterocycles. The van der Waals surface area contributed by atoms with Crippen LogP contribution in [0, 0.1) is 6.92 Å². The number of nitrogens with two attached hydrogens (primary N) is 1. The number of H-pyrrole nitrogens is 1. The van der Waals surface area contributed by atoms with E-state index in [2.05, 4.69) is 4.98 Å². The zero-order valence-corrected chi connectivity index (χ0v) is 14.9. The number of aromatic nitrogens is 1. The van der Waals surface area contributed by atoms with Crippen molar-refractivity contribution in [2.24, 2.45) is 5.73 Å². The van der Waals surface area contributed by atoms with E-state index in [0.29, 0.717) is 22.5 Å². The average Bonchev–Trinajstić information content (AvgIpc) is 2.96. The Morgan fingerprint density at radius 1 is 1.20 bits per heavy atom. The van der Waals surface area contributed by atoms with Crippen molar-refractivity contribution in [1.82, 2.24) is 4.98 Å². The van der Waals surface area contributed by atoms with Gasteiger partial charge < -0.3 is 15.8 Å². The molecule has 1 aromatic heterocycles. The normalized spacial score (nSPS) is 11.2. The van der Waals surface area contributed by atoms with Crippen LogP contribution in [-0.4, -0.2) is 22.6 Å². The summed E-state index contributed by atoms with van der Waals surface area (Å²) in [6, 6.07) is 11.3. The number of carboxylic acids is 1. The van der Waals surface area contributed by atoms with E-state index in [9.17, 15) is 9.90 Å². The molecule has 0 radical (unpaired) electrons. The third kappa shape index (κ3) is 3.28. The Hall–Kier alpha value is -2.30. The van der Waals surface area contributed by atoms with Crippen LogP contribution in [0.25, 0.3) is 22.2 Å². The largest absolute Gasteiger partial charge is 0.478 e. The molecule has 0 saturated carbocycles. The standard InChI is InChI=1S/C20H21ClN2O2/c1-12-6-2-3-7-13(12)18-14(8-4-5-11-22)17-15(20(24)25)9-10-16(21)19(17)23-18/h2-3,6-7,9-10,23H,4-5,8,11,22H2,1H3,(H,24,25). The number of aryl methyl sites for hydroxylation is 2. The number of aromatic carboxylic acids is 1. The summed E-state index contributed by atoms with van der Waals surface area (Å²) < 4.78 is 0. The first-order chi connectivity index (χ1) is 12.0. The fourth-order valence-corrected chi connectivity index (χ4v) is 3.50. The van der Waals surface area contributed by atoms with E-state index in [1.807, 2.05) is 31.2 Å². The number of fused-ring (bicyclic) bond motifs is 1. The van der Waals surface area contributed by atoms with Crippen molar-refractivity contribution in [3.63, 3.8) is 0 Å². The van der Waals surface area contributed by atoms with Crippen LogP contribution in [0.15, 0.2) is 36.4 Å². The molecule has 0 spiro atoms. The number of halogens is 1. The number of hydrogen-bond acceptors (Lipinski definition) is 2. The smallest absolute Gasteiger partial charge is 0.336 e. The molecule has 5 heteroatoms. The van der Waals surface area contributed by atoms with Gasteiger partial charge in [0.1, 0.15) is 0 Å². The maximum atomic E-state index is 11.7. The van der Waals surface area contributed by atoms with E-state index >= 15 is 0 Å². The van der Waals surface area contributed by atoms with Crippen LogP contribution in [-0.2, 0) is 6.42 Å². The summed E-state index contributed by atoms with van der Waals surface area (Å²) in [7, 11) is 0. The molecule has 0 aliphatic carbocycles. The van der Waals surface area contributed by atoms with Gasteiger partial charge in [-0.3, -0.25) is 0 Å². The number of hydrogen-bond donors (Lipinski definition) is 3. The second-order valence-electron chi connectivity index (χ2n) is 6.19. The van der Waals surface area contributed by atoms with Gasteiger partial charge in [0.2, 0.25) is 0 Å². The molecule has 0 unspecified atom stereocenters. The molecule has 0 bridgehead atoms. The highest BCUT2D eigenvalue weighted by molar-refractivity contribution is 6.36. The first-order valence-corrected chi connectivity index (χ1v) is 8.74. The Balaban J connectivity index is 2.30. The third-order valence-electron chi connectivity index (χ3n) is 4.53. The van der Waals surface area contributed by atoms with Crippen LogP contribution in [0.4, 0.5) is 0 Å². The highest BCUT2D eigenvalue weighted by Gasteiger charge is 2.21. The average molecular weight is 357 g/mol. The molecule has 0 fully saturated rings. The lowest BCUT2D eigenvalue weighted by Crippen LogP contribution is -2.01. The van der Waals surface area contributed by atoms with Gasteiger partial charge in [0.05, 0.1) is 21.8 Å². The highest BCUT2D eigenvalue weighted by Crippen LogP contribution is 2.37. The molecule has 1 heterocycles. The van der Waals surface area contributed by atoms with Crippen molar-refractivity contribution in [1.29, 1.82) is 0 Å². The summed E-state index contributed by atoms with van der Waals surface area (Å²) in [5.41, 5.74) is 10.7. The number of aromatic amines is 1. The van der Waals surface area contributed by atoms with Crippen LogP contribution in [0.3, 0.4) is 0 Å². The molecule has 4 nitrogen and oxygen atoms in total. The summed E-state index contributed by atoms with van der Waals surface area (Å²) in [6.45, 7) is 2.67. The predicted molar refractivity (Wildman–Crippen MR) is 102 cm³/mol. The SMILES string of the molecule is Cc1ccccc1-c1[nH]c2c(Cl)ccc(C(=O)O)c2c1CCCCN. The second-order valence-corrected chi connectivity index (χ2v) is 6.60. The van der Waals surface area contributed by atoms with E-state index in [1.54, 1.807) is 12.1 Å². The van der Waals surface area contributed by atoms with Crippen LogP contribution in [0.1, 0.15) is 34.3 Å². The zero-order valence-electron chi connectivity index (χ0n) is 14.1. The highest BCUT2D eigenvalue weighted by atomic mass is 35.5. The van der Waals surface area contributed by atoms with Crippen molar-refractivity contribution in [3.8, 4) is 11.3 Å². The number of rotatable bonds is 6. The topological polar surface area (TPSA) is 79.1 Å². The third-order valence-corrected chi connectivity index (χ3v) is 4.85. The van der Waals surface area contributed by atoms with E-state index in [0.717, 1.165) is 41.6 Å². The number of carbonyl (C=O) groups is 1. The lowest BCUT2D eigenvalue weighted by atomic mass is 9.96. The fourth-order valence-electron chi connectivity index (χ4n) is 3.30. The Labute approximate surface area is 151 Å². The van der Waals surface area contributed by atoms with Crippen molar-refractivity contribution < 1.29 is 9.90 Å². The fraction of sp³-hybridized carbons (Fsp3) is 0.250. The van der Waals surface area contributed by atoms with E-state index in [4.69, 9.17) is 17.3 Å². The van der Waals surface area contributed by atoms with Gasteiger partial charge >= 0.3 is 5.97 Å². The van der Waals surface area contributed by atoms with Gasteiger partial charge in [-0.15, -0.1) is 0 Å². The number of nitrogens with one attached hydrogen (secondary N) is 1. The van der Waals surface area contributed by atoms with Gasteiger partial charge in [-0.1, -0.05) is 35.9 Å². The molecule has 130 valence electrons. The van der Waals surface area contributed by atoms with Crippen molar-refractivity contribution in [2.75, 3.05) is 6.54 Å². The van der Waals surface area contributed by atoms with Crippen LogP contribution < -0.4 is 5.73 Å². The lowest BCUT2D eigenvalue weighted by molar-refractivity contribution is 0.0699. The maximum Gasteiger partial charge on any atom is 0.336 e. The molecular formula is C20H21ClN2O2. The minimum atomic E-state index is -0.947. The molecule has 0 aliphatic rings. The molecule has 0 aliphatic heterocycles. The summed E-state index contributed by atoms with van der Waals surface area (Å²) in [5.74, 6) is -0.947. The summed E-state index contributed by atoms with van der Waals surface area (Å²) >= 11 is 6.36. The first kappa shape index (κ1) is 17.5. The quantitative estimate of drug-likeness (QED) is 0.556. The minimum absolute atomic E-state index is 0.276. The van der Waals surface area contributed by atoms with Gasteiger partial charge in [0, 0.05) is 10.9 Å². The van der Waals surface area contributed by atoms with Crippen LogP contribution in [0.5, 0.6) is 0 Å². The molecule has 25 heavy (non-hydrogen) atoms. The number of unbranched alkanes of at least 4 members (excludes halogenated alkanes) is 1. The van der Waals surface area contributed by atoms with E-state index in [-0.39, 0.29) is 5.56 Å². The van der Waals surface area contributed by atoms with Gasteiger partial charge in [-0.2, -0.15) is 0 Å². The van der Waals surface area contributed by atoms with Gasteiger partial charge in [0.25, 0.3) is 0 Å². The Morgan fingerprint density at radius 2 is 1.96 bits per heavy atom. The molecular weight excluding hydrogens is 336 g/mol. The molecule has 4 N–H and O–H groups in total. The monoisotopic (exact) mass is 356 g/mol. The number of carboxylic acid groups (broad SMARTS) is 1. The Morgan fingerprint density at radius 3 is 2.64 bits per heavy atom. The van der Waals surface area contributed by atoms with Gasteiger partial charge in [-0.05, 0) is 56.0 Å². The van der Waals surface area contributed by atoms with E-state index < -0.39 is 5.97 Å². The lowest BCUT2D eigenvalue weighted by Gasteiger charge is -2.09. The molecule has 0 amide bonds. The van der Waals surface area contributed by atoms with Crippen molar-refractivity contribution in [2.45, 2.75) is 26.2 Å². The Kier molecular flexibility index (Phi) is 5.11. The maximum absolute atomic E-state index is 11.7. The summed E-state index contributed by atoms with van der Waals surface area (Å²) in [5, 5.41) is 10.9. The van der Waals surface area contributed by atoms with Crippen LogP contribution >= 0.6 is 11.6 Å². The predicted octanol–water partition coefficient (Wildman–Crippen LogP) is 4.78. The van der Waals surface area contributed by atoms with Gasteiger partial charge in [-0.25, -0.2) is 4.79 Å². The zero-order chi connectivity index (χ0) is 18.0. The second kappa shape index (κ2) is 7.30. The Bertz CT molecular complexity index is 931. The molecule has 0 atom stereocenters. The summed E-state index contributed by atoms with van der Waals surface area (Å²) in [4.78, 5) is 15.1.